The van der Waals surface area contributed by atoms with Crippen LogP contribution in [-0.2, 0) is 6.54 Å². The number of ketones is 1. The number of nitrogens with zero attached hydrogens (tertiary/aromatic N) is 3. The number of rotatable bonds is 6. The molecule has 2 aromatic carbocycles. The molecule has 0 bridgehead atoms. The van der Waals surface area contributed by atoms with Gasteiger partial charge in [0.25, 0.3) is 0 Å². The second-order valence-corrected chi connectivity index (χ2v) is 6.55. The van der Waals surface area contributed by atoms with Crippen molar-refractivity contribution in [3.63, 3.8) is 0 Å². The summed E-state index contributed by atoms with van der Waals surface area (Å²) in [6.45, 7) is 6.33. The number of carbonyl (C=O) groups excluding carboxylic acids is 1. The van der Waals surface area contributed by atoms with E-state index in [1.54, 1.807) is 13.2 Å². The van der Waals surface area contributed by atoms with Crippen molar-refractivity contribution in [2.45, 2.75) is 13.5 Å². The molecule has 0 aliphatic rings. The molecule has 0 fully saturated rings. The predicted octanol–water partition coefficient (Wildman–Crippen LogP) is 4.69. The summed E-state index contributed by atoms with van der Waals surface area (Å²) in [5, 5.41) is 4.63. The van der Waals surface area contributed by atoms with Gasteiger partial charge in [-0.05, 0) is 42.8 Å². The molecule has 4 aromatic rings. The summed E-state index contributed by atoms with van der Waals surface area (Å²) in [5.74, 6) is 0.711. The number of carbonyl (C=O) groups is 1. The molecule has 140 valence electrons. The van der Waals surface area contributed by atoms with Crippen molar-refractivity contribution in [3.05, 3.63) is 84.1 Å². The molecule has 28 heavy (non-hydrogen) atoms. The van der Waals surface area contributed by atoms with Gasteiger partial charge in [-0.15, -0.1) is 6.58 Å². The van der Waals surface area contributed by atoms with E-state index in [2.05, 4.69) is 16.2 Å². The number of ether oxygens (including phenoxy) is 1. The average molecular weight is 371 g/mol. The fourth-order valence-electron chi connectivity index (χ4n) is 3.49. The third-order valence-corrected chi connectivity index (χ3v) is 4.79. The number of hydrogen-bond acceptors (Lipinski definition) is 3. The first-order chi connectivity index (χ1) is 13.6. The molecule has 0 aliphatic carbocycles. The molecule has 2 aromatic heterocycles. The lowest BCUT2D eigenvalue weighted by atomic mass is 10.1. The smallest absolute Gasteiger partial charge is 0.191 e. The number of aryl methyl sites for hydroxylation is 1. The first-order valence-corrected chi connectivity index (χ1v) is 9.08. The topological polar surface area (TPSA) is 48.5 Å². The number of hydrogen-bond donors (Lipinski definition) is 0. The zero-order valence-corrected chi connectivity index (χ0v) is 15.9. The third-order valence-electron chi connectivity index (χ3n) is 4.79. The van der Waals surface area contributed by atoms with Crippen molar-refractivity contribution in [1.82, 2.24) is 14.2 Å². The first kappa shape index (κ1) is 17.8. The van der Waals surface area contributed by atoms with Crippen LogP contribution in [-0.4, -0.2) is 27.1 Å². The Bertz CT molecular complexity index is 1210. The van der Waals surface area contributed by atoms with Crippen LogP contribution in [0.25, 0.3) is 22.8 Å². The number of aromatic nitrogens is 3. The van der Waals surface area contributed by atoms with Crippen LogP contribution in [0, 0.1) is 6.92 Å². The van der Waals surface area contributed by atoms with Gasteiger partial charge in [0.05, 0.1) is 29.4 Å². The van der Waals surface area contributed by atoms with Gasteiger partial charge in [0.2, 0.25) is 0 Å². The number of imidazole rings is 1. The molecular weight excluding hydrogens is 350 g/mol. The second-order valence-electron chi connectivity index (χ2n) is 6.55. The van der Waals surface area contributed by atoms with Gasteiger partial charge in [-0.3, -0.25) is 4.79 Å². The fraction of sp³-hybridized carbons (Fsp3) is 0.130. The van der Waals surface area contributed by atoms with E-state index in [4.69, 9.17) is 4.74 Å². The number of para-hydroxylation sites is 2. The van der Waals surface area contributed by atoms with Crippen molar-refractivity contribution >= 4 is 28.5 Å². The Labute approximate surface area is 163 Å². The van der Waals surface area contributed by atoms with Gasteiger partial charge in [-0.2, -0.15) is 5.10 Å². The summed E-state index contributed by atoms with van der Waals surface area (Å²) in [6.07, 6.45) is 5.24. The third kappa shape index (κ3) is 2.91. The normalized spacial score (nSPS) is 11.5. The lowest BCUT2D eigenvalue weighted by Gasteiger charge is -2.03. The highest BCUT2D eigenvalue weighted by molar-refractivity contribution is 6.12. The Balaban J connectivity index is 1.80. The maximum absolute atomic E-state index is 13.1. The van der Waals surface area contributed by atoms with E-state index in [9.17, 15) is 4.79 Å². The Kier molecular flexibility index (Phi) is 4.57. The van der Waals surface area contributed by atoms with Gasteiger partial charge in [0.15, 0.2) is 5.78 Å². The van der Waals surface area contributed by atoms with Crippen molar-refractivity contribution in [3.8, 4) is 5.75 Å². The standard InChI is InChI=1S/C23H21N3O2/c1-4-15-25-19-7-5-6-8-20(19)26-23(25)22(16(2)24-26)21(27)14-11-17-9-12-18(28-3)13-10-17/h4-14H,1,15H2,2-3H3. The van der Waals surface area contributed by atoms with E-state index in [1.807, 2.05) is 72.1 Å². The molecule has 0 aliphatic heterocycles. The highest BCUT2D eigenvalue weighted by atomic mass is 16.5. The van der Waals surface area contributed by atoms with Gasteiger partial charge >= 0.3 is 0 Å². The molecule has 0 radical (unpaired) electrons. The van der Waals surface area contributed by atoms with E-state index in [0.717, 1.165) is 28.0 Å². The van der Waals surface area contributed by atoms with Crippen LogP contribution in [0.4, 0.5) is 0 Å². The molecule has 0 unspecified atom stereocenters. The van der Waals surface area contributed by atoms with Crippen LogP contribution < -0.4 is 4.74 Å². The Morgan fingerprint density at radius 2 is 1.86 bits per heavy atom. The maximum Gasteiger partial charge on any atom is 0.191 e. The Hall–Kier alpha value is -3.60. The minimum Gasteiger partial charge on any atom is -0.497 e. The first-order valence-electron chi connectivity index (χ1n) is 9.08. The molecule has 0 saturated heterocycles. The van der Waals surface area contributed by atoms with E-state index in [1.165, 1.54) is 0 Å². The average Bonchev–Trinajstić information content (AvgIpc) is 3.21. The summed E-state index contributed by atoms with van der Waals surface area (Å²) in [7, 11) is 1.63. The zero-order valence-electron chi connectivity index (χ0n) is 15.9. The van der Waals surface area contributed by atoms with E-state index < -0.39 is 0 Å². The monoisotopic (exact) mass is 371 g/mol. The van der Waals surface area contributed by atoms with Crippen molar-refractivity contribution in [1.29, 1.82) is 0 Å². The molecule has 2 heterocycles. The minimum absolute atomic E-state index is 0.0727. The second kappa shape index (κ2) is 7.19. The largest absolute Gasteiger partial charge is 0.497 e. The maximum atomic E-state index is 13.1. The Morgan fingerprint density at radius 3 is 2.54 bits per heavy atom. The van der Waals surface area contributed by atoms with Gasteiger partial charge < -0.3 is 9.30 Å². The molecule has 5 heteroatoms. The van der Waals surface area contributed by atoms with E-state index >= 15 is 0 Å². The van der Waals surface area contributed by atoms with Crippen LogP contribution in [0.5, 0.6) is 5.75 Å². The number of methoxy groups -OCH3 is 1. The molecule has 4 rings (SSSR count). The van der Waals surface area contributed by atoms with Crippen LogP contribution in [0.2, 0.25) is 0 Å². The lowest BCUT2D eigenvalue weighted by molar-refractivity contribution is 0.104. The molecule has 0 amide bonds. The molecule has 0 spiro atoms. The number of benzene rings is 2. The van der Waals surface area contributed by atoms with Crippen LogP contribution in [0.3, 0.4) is 0 Å². The van der Waals surface area contributed by atoms with Gasteiger partial charge in [0.1, 0.15) is 11.4 Å². The lowest BCUT2D eigenvalue weighted by Crippen LogP contribution is -2.02. The SMILES string of the molecule is C=CCn1c2ccccc2n2nc(C)c(C(=O)C=Cc3ccc(OC)cc3)c12. The Morgan fingerprint density at radius 1 is 1.14 bits per heavy atom. The summed E-state index contributed by atoms with van der Waals surface area (Å²) >= 11 is 0. The number of fused-ring (bicyclic) bond motifs is 3. The summed E-state index contributed by atoms with van der Waals surface area (Å²) < 4.78 is 9.10. The molecular formula is C23H21N3O2. The number of allylic oxidation sites excluding steroid dienone is 2. The van der Waals surface area contributed by atoms with Crippen molar-refractivity contribution < 1.29 is 9.53 Å². The highest BCUT2D eigenvalue weighted by Crippen LogP contribution is 2.26. The van der Waals surface area contributed by atoms with Gasteiger partial charge in [0, 0.05) is 6.54 Å². The van der Waals surface area contributed by atoms with Crippen molar-refractivity contribution in [2.75, 3.05) is 7.11 Å². The van der Waals surface area contributed by atoms with Gasteiger partial charge in [-0.1, -0.05) is 36.4 Å². The predicted molar refractivity (Wildman–Crippen MR) is 112 cm³/mol. The molecule has 0 atom stereocenters. The quantitative estimate of drug-likeness (QED) is 0.281. The van der Waals surface area contributed by atoms with E-state index in [-0.39, 0.29) is 5.78 Å². The molecule has 0 N–H and O–H groups in total. The summed E-state index contributed by atoms with van der Waals surface area (Å²) in [5.41, 5.74) is 5.05. The van der Waals surface area contributed by atoms with Crippen LogP contribution in [0.1, 0.15) is 21.6 Å². The highest BCUT2D eigenvalue weighted by Gasteiger charge is 2.21. The summed E-state index contributed by atoms with van der Waals surface area (Å²) in [6, 6.07) is 15.6. The summed E-state index contributed by atoms with van der Waals surface area (Å²) in [4.78, 5) is 13.1. The van der Waals surface area contributed by atoms with Crippen LogP contribution in [0.15, 0.2) is 67.3 Å². The van der Waals surface area contributed by atoms with E-state index in [0.29, 0.717) is 17.8 Å². The van der Waals surface area contributed by atoms with Gasteiger partial charge in [-0.25, -0.2) is 4.52 Å². The molecule has 0 saturated carbocycles. The minimum atomic E-state index is -0.0727. The van der Waals surface area contributed by atoms with Crippen molar-refractivity contribution in [2.24, 2.45) is 0 Å². The zero-order chi connectivity index (χ0) is 19.7. The van der Waals surface area contributed by atoms with Crippen LogP contribution >= 0.6 is 0 Å². The molecule has 5 nitrogen and oxygen atoms in total. The fourth-order valence-corrected chi connectivity index (χ4v) is 3.49.